The largest absolute Gasteiger partial charge is 0.460 e. The lowest BCUT2D eigenvalue weighted by atomic mass is 9.78. The first-order chi connectivity index (χ1) is 18.7. The zero-order chi connectivity index (χ0) is 29.9. The van der Waals surface area contributed by atoms with Gasteiger partial charge in [0.15, 0.2) is 0 Å². The van der Waals surface area contributed by atoms with Crippen molar-refractivity contribution in [3.8, 4) is 0 Å². The number of ketones is 1. The van der Waals surface area contributed by atoms with Crippen LogP contribution in [-0.4, -0.2) is 80.7 Å². The number of aliphatic hydroxyl groups excluding tert-OH is 2. The van der Waals surface area contributed by atoms with Crippen LogP contribution in [0.3, 0.4) is 0 Å². The van der Waals surface area contributed by atoms with E-state index in [0.717, 1.165) is 19.3 Å². The molecule has 1 amide bonds. The number of amides is 1. The number of hydrogen-bond acceptors (Lipinski definition) is 8. The number of hydrogen-bond donors (Lipinski definition) is 3. The molecule has 3 N–H and O–H groups in total. The van der Waals surface area contributed by atoms with Crippen LogP contribution in [0.1, 0.15) is 99.8 Å². The van der Waals surface area contributed by atoms with Crippen molar-refractivity contribution in [3.05, 3.63) is 0 Å². The van der Waals surface area contributed by atoms with E-state index in [1.807, 2.05) is 41.5 Å². The van der Waals surface area contributed by atoms with Gasteiger partial charge in [-0.2, -0.15) is 0 Å². The second-order valence-electron chi connectivity index (χ2n) is 13.6. The molecule has 0 aromatic rings. The molecule has 0 aromatic heterocycles. The molecule has 40 heavy (non-hydrogen) atoms. The van der Waals surface area contributed by atoms with Crippen LogP contribution in [-0.2, 0) is 23.9 Å². The average Bonchev–Trinajstić information content (AvgIpc) is 2.90. The van der Waals surface area contributed by atoms with Gasteiger partial charge >= 0.3 is 5.97 Å². The summed E-state index contributed by atoms with van der Waals surface area (Å²) in [4.78, 5) is 41.9. The number of carbonyl (C=O) groups excluding carboxylic acids is 3. The first-order valence-corrected chi connectivity index (χ1v) is 15.5. The number of nitrogens with zero attached hydrogens (tertiary/aromatic N) is 1. The molecule has 1 saturated carbocycles. The third kappa shape index (κ3) is 7.26. The van der Waals surface area contributed by atoms with E-state index in [9.17, 15) is 29.7 Å². The van der Waals surface area contributed by atoms with Crippen molar-refractivity contribution in [1.29, 1.82) is 0 Å². The Morgan fingerprint density at radius 2 is 1.65 bits per heavy atom. The number of Topliss-reactive ketones (excluding diaryl/α,β-unsaturated/α-hetero) is 1. The lowest BCUT2D eigenvalue weighted by Gasteiger charge is -2.46. The Balaban J connectivity index is 1.71. The minimum atomic E-state index is -2.22. The monoisotopic (exact) mass is 567 g/mol. The van der Waals surface area contributed by atoms with Crippen LogP contribution in [0.2, 0.25) is 0 Å². The lowest BCUT2D eigenvalue weighted by Crippen LogP contribution is -2.62. The van der Waals surface area contributed by atoms with Crippen LogP contribution in [0.4, 0.5) is 0 Å². The smallest absolute Gasteiger partial charge is 0.329 e. The normalized spacial score (nSPS) is 36.8. The third-order valence-electron chi connectivity index (χ3n) is 9.55. The SMILES string of the molecule is CC(C)C(OC(=O)C1CCCCN1C(=O)C(=O)C1(O)OC(C(C)C)C(C)CC1C)C(C)CC1CCC(O)C(O)C1. The highest BCUT2D eigenvalue weighted by atomic mass is 16.6. The van der Waals surface area contributed by atoms with E-state index < -0.39 is 53.7 Å². The molecule has 2 aliphatic heterocycles. The van der Waals surface area contributed by atoms with Gasteiger partial charge in [-0.3, -0.25) is 9.59 Å². The molecule has 0 bridgehead atoms. The highest BCUT2D eigenvalue weighted by Gasteiger charge is 2.54. The molecule has 3 aliphatic rings. The average molecular weight is 568 g/mol. The van der Waals surface area contributed by atoms with Crippen LogP contribution < -0.4 is 0 Å². The van der Waals surface area contributed by atoms with E-state index in [0.29, 0.717) is 32.1 Å². The summed E-state index contributed by atoms with van der Waals surface area (Å²) in [7, 11) is 0. The van der Waals surface area contributed by atoms with Crippen LogP contribution in [0.25, 0.3) is 0 Å². The minimum absolute atomic E-state index is 0.0120. The van der Waals surface area contributed by atoms with Crippen molar-refractivity contribution in [1.82, 2.24) is 4.90 Å². The summed E-state index contributed by atoms with van der Waals surface area (Å²) in [5.41, 5.74) is 0. The maximum absolute atomic E-state index is 13.6. The highest BCUT2D eigenvalue weighted by molar-refractivity contribution is 6.39. The third-order valence-corrected chi connectivity index (χ3v) is 9.55. The van der Waals surface area contributed by atoms with E-state index >= 15 is 0 Å². The molecule has 230 valence electrons. The van der Waals surface area contributed by atoms with Gasteiger partial charge in [0.05, 0.1) is 18.3 Å². The number of esters is 1. The van der Waals surface area contributed by atoms with Gasteiger partial charge in [-0.15, -0.1) is 0 Å². The maximum atomic E-state index is 13.6. The van der Waals surface area contributed by atoms with Gasteiger partial charge in [-0.1, -0.05) is 48.5 Å². The summed E-state index contributed by atoms with van der Waals surface area (Å²) in [6.45, 7) is 13.9. The molecule has 10 unspecified atom stereocenters. The minimum Gasteiger partial charge on any atom is -0.460 e. The molecule has 2 heterocycles. The molecule has 0 spiro atoms. The van der Waals surface area contributed by atoms with Crippen LogP contribution in [0, 0.1) is 35.5 Å². The number of aliphatic hydroxyl groups is 3. The predicted octanol–water partition coefficient (Wildman–Crippen LogP) is 3.46. The van der Waals surface area contributed by atoms with E-state index in [4.69, 9.17) is 9.47 Å². The summed E-state index contributed by atoms with van der Waals surface area (Å²) < 4.78 is 12.0. The molecular formula is C31H53NO8. The van der Waals surface area contributed by atoms with Gasteiger partial charge in [-0.25, -0.2) is 4.79 Å². The van der Waals surface area contributed by atoms with Crippen LogP contribution in [0.15, 0.2) is 0 Å². The summed E-state index contributed by atoms with van der Waals surface area (Å²) in [5, 5.41) is 31.4. The summed E-state index contributed by atoms with van der Waals surface area (Å²) in [6.07, 6.45) is 2.82. The van der Waals surface area contributed by atoms with Gasteiger partial charge in [0.2, 0.25) is 5.79 Å². The Morgan fingerprint density at radius 1 is 0.975 bits per heavy atom. The molecular weight excluding hydrogens is 514 g/mol. The van der Waals surface area contributed by atoms with Crippen LogP contribution >= 0.6 is 0 Å². The summed E-state index contributed by atoms with van der Waals surface area (Å²) in [5.74, 6) is -4.75. The zero-order valence-corrected chi connectivity index (χ0v) is 25.5. The predicted molar refractivity (Wildman–Crippen MR) is 150 cm³/mol. The van der Waals surface area contributed by atoms with Crippen LogP contribution in [0.5, 0.6) is 0 Å². The molecule has 0 radical (unpaired) electrons. The fraction of sp³-hybridized carbons (Fsp3) is 0.903. The number of rotatable bonds is 9. The van der Waals surface area contributed by atoms with Gasteiger partial charge in [0, 0.05) is 12.5 Å². The second-order valence-corrected chi connectivity index (χ2v) is 13.6. The van der Waals surface area contributed by atoms with Gasteiger partial charge in [0.1, 0.15) is 12.1 Å². The molecule has 9 heteroatoms. The Hall–Kier alpha value is -1.55. The van der Waals surface area contributed by atoms with Gasteiger partial charge in [-0.05, 0) is 81.0 Å². The van der Waals surface area contributed by atoms with Crippen molar-refractivity contribution >= 4 is 17.7 Å². The second kappa shape index (κ2) is 13.6. The quantitative estimate of drug-likeness (QED) is 0.285. The first kappa shape index (κ1) is 33.0. The molecule has 3 rings (SSSR count). The molecule has 10 atom stereocenters. The van der Waals surface area contributed by atoms with E-state index in [2.05, 4.69) is 0 Å². The van der Waals surface area contributed by atoms with Crippen molar-refractivity contribution in [2.45, 2.75) is 136 Å². The van der Waals surface area contributed by atoms with Crippen molar-refractivity contribution < 1.29 is 39.2 Å². The number of piperidine rings is 1. The standard InChI is InChI=1S/C31H53NO8/c1-17(2)26(20(6)15-22-11-12-24(33)25(34)16-22)39-30(37)23-10-8-9-13-32(23)29(36)28(35)31(38)21(7)14-19(5)27(40-31)18(3)4/h17-27,33-34,38H,8-16H2,1-7H3. The first-order valence-electron chi connectivity index (χ1n) is 15.5. The Kier molecular flexibility index (Phi) is 11.2. The fourth-order valence-corrected chi connectivity index (χ4v) is 7.28. The number of likely N-dealkylation sites (tertiary alicyclic amines) is 1. The van der Waals surface area contributed by atoms with Crippen molar-refractivity contribution in [2.75, 3.05) is 6.54 Å². The molecule has 0 aromatic carbocycles. The highest BCUT2D eigenvalue weighted by Crippen LogP contribution is 2.40. The Labute approximate surface area is 240 Å². The number of carbonyl (C=O) groups is 3. The molecule has 9 nitrogen and oxygen atoms in total. The lowest BCUT2D eigenvalue weighted by molar-refractivity contribution is -0.280. The van der Waals surface area contributed by atoms with E-state index in [1.165, 1.54) is 4.90 Å². The van der Waals surface area contributed by atoms with Crippen molar-refractivity contribution in [2.24, 2.45) is 35.5 Å². The summed E-state index contributed by atoms with van der Waals surface area (Å²) in [6, 6.07) is -0.896. The zero-order valence-electron chi connectivity index (χ0n) is 25.5. The molecule has 2 saturated heterocycles. The van der Waals surface area contributed by atoms with Gasteiger partial charge in [0.25, 0.3) is 11.7 Å². The number of ether oxygens (including phenoxy) is 2. The summed E-state index contributed by atoms with van der Waals surface area (Å²) >= 11 is 0. The maximum Gasteiger partial charge on any atom is 0.329 e. The Morgan fingerprint density at radius 3 is 2.25 bits per heavy atom. The van der Waals surface area contributed by atoms with E-state index in [1.54, 1.807) is 6.92 Å². The molecule has 3 fully saturated rings. The van der Waals surface area contributed by atoms with Crippen molar-refractivity contribution in [3.63, 3.8) is 0 Å². The fourth-order valence-electron chi connectivity index (χ4n) is 7.28. The van der Waals surface area contributed by atoms with Gasteiger partial charge < -0.3 is 29.7 Å². The topological polar surface area (TPSA) is 134 Å². The van der Waals surface area contributed by atoms with E-state index in [-0.39, 0.29) is 42.2 Å². The Bertz CT molecular complexity index is 893. The molecule has 1 aliphatic carbocycles.